The van der Waals surface area contributed by atoms with E-state index in [-0.39, 0.29) is 37.1 Å². The molecular weight excluding hydrogens is 488 g/mol. The van der Waals surface area contributed by atoms with Crippen LogP contribution in [0.1, 0.15) is 21.5 Å². The van der Waals surface area contributed by atoms with Crippen LogP contribution >= 0.6 is 0 Å². The van der Waals surface area contributed by atoms with E-state index in [4.69, 9.17) is 18.9 Å². The fraction of sp³-hybridized carbons (Fsp3) is 0.321. The Hall–Kier alpha value is -4.31. The van der Waals surface area contributed by atoms with Gasteiger partial charge in [-0.1, -0.05) is 6.07 Å². The molecule has 198 valence electrons. The van der Waals surface area contributed by atoms with Gasteiger partial charge in [-0.25, -0.2) is 0 Å². The Labute approximate surface area is 220 Å². The van der Waals surface area contributed by atoms with Crippen molar-refractivity contribution < 1.29 is 28.5 Å². The van der Waals surface area contributed by atoms with E-state index in [0.29, 0.717) is 48.2 Å². The van der Waals surface area contributed by atoms with Gasteiger partial charge in [0.15, 0.2) is 6.61 Å². The fourth-order valence-corrected chi connectivity index (χ4v) is 4.66. The summed E-state index contributed by atoms with van der Waals surface area (Å²) in [5.74, 6) is 1.40. The molecule has 2 atom stereocenters. The summed E-state index contributed by atoms with van der Waals surface area (Å²) in [7, 11) is 3.09. The lowest BCUT2D eigenvalue weighted by Gasteiger charge is -2.22. The number of carbonyl (C=O) groups excluding carboxylic acids is 2. The Morgan fingerprint density at radius 3 is 2.74 bits per heavy atom. The summed E-state index contributed by atoms with van der Waals surface area (Å²) in [5, 5.41) is 5.97. The molecule has 0 aliphatic carbocycles. The predicted molar refractivity (Wildman–Crippen MR) is 139 cm³/mol. The van der Waals surface area contributed by atoms with E-state index in [2.05, 4.69) is 20.5 Å². The van der Waals surface area contributed by atoms with Crippen LogP contribution in [0, 0.1) is 0 Å². The van der Waals surface area contributed by atoms with Gasteiger partial charge in [-0.15, -0.1) is 0 Å². The second kappa shape index (κ2) is 11.4. The SMILES string of the molecule is COc1cc2cc(c1)C(=O)N[C@H]1CN(Cc3cccnc3)C[C@@H]1Oc1ccc(c(OC)c1)CNC(=O)CO2. The van der Waals surface area contributed by atoms with Gasteiger partial charge in [0.25, 0.3) is 11.8 Å². The lowest BCUT2D eigenvalue weighted by molar-refractivity contribution is -0.123. The molecule has 38 heavy (non-hydrogen) atoms. The second-order valence-electron chi connectivity index (χ2n) is 9.23. The number of benzene rings is 2. The standard InChI is InChI=1S/C28H30N4O6/c1-35-22-8-20-9-23(10-22)37-17-27(33)30-13-19-5-6-21(11-25(19)36-2)38-26-16-32(15-24(26)31-28(20)34)14-18-4-3-7-29-12-18/h3-12,24,26H,13-17H2,1-2H3,(H,30,33)(H,31,34)/t24-,26-/m0/s1. The number of ether oxygens (including phenoxy) is 4. The number of aromatic nitrogens is 1. The molecule has 2 aromatic carbocycles. The van der Waals surface area contributed by atoms with Crippen molar-refractivity contribution in [2.45, 2.75) is 25.2 Å². The van der Waals surface area contributed by atoms with E-state index in [0.717, 1.165) is 11.1 Å². The number of nitrogens with zero attached hydrogens (tertiary/aromatic N) is 2. The lowest BCUT2D eigenvalue weighted by Crippen LogP contribution is -2.45. The van der Waals surface area contributed by atoms with Crippen LogP contribution in [0.4, 0.5) is 0 Å². The molecule has 3 aromatic rings. The number of hydrogen-bond acceptors (Lipinski definition) is 8. The molecular formula is C28H30N4O6. The summed E-state index contributed by atoms with van der Waals surface area (Å²) in [5.41, 5.74) is 2.24. The van der Waals surface area contributed by atoms with Crippen LogP contribution in [0.3, 0.4) is 0 Å². The first-order valence-corrected chi connectivity index (χ1v) is 12.3. The summed E-state index contributed by atoms with van der Waals surface area (Å²) in [6, 6.07) is 14.0. The van der Waals surface area contributed by atoms with Crippen molar-refractivity contribution in [3.8, 4) is 23.0 Å². The minimum absolute atomic E-state index is 0.217. The maximum Gasteiger partial charge on any atom is 0.258 e. The van der Waals surface area contributed by atoms with E-state index in [1.807, 2.05) is 30.5 Å². The van der Waals surface area contributed by atoms with E-state index < -0.39 is 0 Å². The molecule has 10 nitrogen and oxygen atoms in total. The average Bonchev–Trinajstić information content (AvgIpc) is 3.30. The van der Waals surface area contributed by atoms with Crippen molar-refractivity contribution in [2.24, 2.45) is 0 Å². The van der Waals surface area contributed by atoms with Gasteiger partial charge in [0.05, 0.1) is 20.3 Å². The molecule has 4 bridgehead atoms. The predicted octanol–water partition coefficient (Wildman–Crippen LogP) is 2.17. The van der Waals surface area contributed by atoms with Gasteiger partial charge >= 0.3 is 0 Å². The quantitative estimate of drug-likeness (QED) is 0.541. The first kappa shape index (κ1) is 25.3. The summed E-state index contributed by atoms with van der Waals surface area (Å²) >= 11 is 0. The van der Waals surface area contributed by atoms with E-state index in [9.17, 15) is 9.59 Å². The van der Waals surface area contributed by atoms with Gasteiger partial charge in [-0.05, 0) is 35.9 Å². The smallest absolute Gasteiger partial charge is 0.258 e. The van der Waals surface area contributed by atoms with Gasteiger partial charge in [0.1, 0.15) is 29.1 Å². The normalized spacial score (nSPS) is 19.8. The second-order valence-corrected chi connectivity index (χ2v) is 9.23. The lowest BCUT2D eigenvalue weighted by atomic mass is 10.1. The van der Waals surface area contributed by atoms with Crippen LogP contribution in [0.2, 0.25) is 0 Å². The molecule has 0 unspecified atom stereocenters. The molecule has 4 heterocycles. The summed E-state index contributed by atoms with van der Waals surface area (Å²) in [4.78, 5) is 32.2. The summed E-state index contributed by atoms with van der Waals surface area (Å²) < 4.78 is 23.0. The third-order valence-electron chi connectivity index (χ3n) is 6.56. The van der Waals surface area contributed by atoms with Crippen molar-refractivity contribution in [2.75, 3.05) is 33.9 Å². The van der Waals surface area contributed by atoms with Crippen LogP contribution in [0.15, 0.2) is 60.9 Å². The molecule has 1 aromatic heterocycles. The van der Waals surface area contributed by atoms with E-state index in [1.165, 1.54) is 7.11 Å². The molecule has 2 N–H and O–H groups in total. The minimum Gasteiger partial charge on any atom is -0.497 e. The molecule has 1 saturated heterocycles. The molecule has 3 aliphatic rings. The van der Waals surface area contributed by atoms with Crippen molar-refractivity contribution >= 4 is 11.8 Å². The first-order chi connectivity index (χ1) is 18.5. The maximum absolute atomic E-state index is 13.4. The Morgan fingerprint density at radius 2 is 1.95 bits per heavy atom. The maximum atomic E-state index is 13.4. The van der Waals surface area contributed by atoms with Crippen LogP contribution < -0.4 is 29.6 Å². The van der Waals surface area contributed by atoms with Crippen LogP contribution in [-0.4, -0.2) is 67.8 Å². The molecule has 3 aliphatic heterocycles. The van der Waals surface area contributed by atoms with Crippen molar-refractivity contribution in [1.82, 2.24) is 20.5 Å². The topological polar surface area (TPSA) is 111 Å². The molecule has 10 heteroatoms. The Kier molecular flexibility index (Phi) is 7.60. The highest BCUT2D eigenvalue weighted by atomic mass is 16.5. The van der Waals surface area contributed by atoms with Gasteiger partial charge in [0.2, 0.25) is 0 Å². The van der Waals surface area contributed by atoms with Gasteiger partial charge < -0.3 is 29.6 Å². The highest BCUT2D eigenvalue weighted by molar-refractivity contribution is 5.95. The number of likely N-dealkylation sites (tertiary alicyclic amines) is 1. The van der Waals surface area contributed by atoms with Gasteiger partial charge in [-0.2, -0.15) is 0 Å². The zero-order valence-corrected chi connectivity index (χ0v) is 21.3. The number of hydrogen-bond donors (Lipinski definition) is 2. The molecule has 0 radical (unpaired) electrons. The van der Waals surface area contributed by atoms with Gasteiger partial charge in [-0.3, -0.25) is 19.5 Å². The number of nitrogens with one attached hydrogen (secondary N) is 2. The molecule has 2 amide bonds. The number of rotatable bonds is 4. The van der Waals surface area contributed by atoms with Crippen molar-refractivity contribution in [1.29, 1.82) is 0 Å². The van der Waals surface area contributed by atoms with Crippen LogP contribution in [-0.2, 0) is 17.9 Å². The van der Waals surface area contributed by atoms with E-state index >= 15 is 0 Å². The number of methoxy groups -OCH3 is 2. The number of amides is 2. The Balaban J connectivity index is 1.46. The zero-order chi connectivity index (χ0) is 26.5. The molecule has 0 saturated carbocycles. The Morgan fingerprint density at radius 1 is 1.05 bits per heavy atom. The largest absolute Gasteiger partial charge is 0.497 e. The number of carbonyl (C=O) groups is 2. The van der Waals surface area contributed by atoms with Gasteiger partial charge in [0, 0.05) is 61.8 Å². The summed E-state index contributed by atoms with van der Waals surface area (Å²) in [6.45, 7) is 1.92. The minimum atomic E-state index is -0.317. The van der Waals surface area contributed by atoms with Crippen LogP contribution in [0.25, 0.3) is 0 Å². The van der Waals surface area contributed by atoms with Crippen molar-refractivity contribution in [3.05, 3.63) is 77.6 Å². The van der Waals surface area contributed by atoms with E-state index in [1.54, 1.807) is 37.6 Å². The Bertz CT molecular complexity index is 1300. The fourth-order valence-electron chi connectivity index (χ4n) is 4.66. The third-order valence-corrected chi connectivity index (χ3v) is 6.56. The molecule has 1 fully saturated rings. The number of fused-ring (bicyclic) bond motifs is 7. The highest BCUT2D eigenvalue weighted by Crippen LogP contribution is 2.28. The third kappa shape index (κ3) is 5.97. The first-order valence-electron chi connectivity index (χ1n) is 12.3. The summed E-state index contributed by atoms with van der Waals surface area (Å²) in [6.07, 6.45) is 3.27. The zero-order valence-electron chi connectivity index (χ0n) is 21.3. The number of pyridine rings is 1. The highest BCUT2D eigenvalue weighted by Gasteiger charge is 2.36. The van der Waals surface area contributed by atoms with Crippen molar-refractivity contribution in [3.63, 3.8) is 0 Å². The molecule has 6 rings (SSSR count). The molecule has 0 spiro atoms. The van der Waals surface area contributed by atoms with Crippen LogP contribution in [0.5, 0.6) is 23.0 Å². The monoisotopic (exact) mass is 518 g/mol. The average molecular weight is 519 g/mol.